The van der Waals surface area contributed by atoms with Gasteiger partial charge < -0.3 is 10.2 Å². The lowest BCUT2D eigenvalue weighted by molar-refractivity contribution is -0.144. The number of benzene rings is 2. The molecule has 2 aromatic rings. The molecule has 2 aromatic carbocycles. The standard InChI is InChI=1S/C22H25ClN2O2/c1-15-12-16(2)20(19(23)13-15)24-21(26)22(27)25-10-8-18(9-11-25)14-17-6-4-3-5-7-17/h3-7,12-13,18H,8-11,14H2,1-2H3,(H,24,26). The van der Waals surface area contributed by atoms with Crippen molar-refractivity contribution in [1.82, 2.24) is 4.90 Å². The second kappa shape index (κ2) is 8.57. The monoisotopic (exact) mass is 384 g/mol. The van der Waals surface area contributed by atoms with Gasteiger partial charge in [0.2, 0.25) is 0 Å². The summed E-state index contributed by atoms with van der Waals surface area (Å²) in [7, 11) is 0. The number of piperidine rings is 1. The van der Waals surface area contributed by atoms with Gasteiger partial charge in [-0.1, -0.05) is 48.0 Å². The number of hydrogen-bond donors (Lipinski definition) is 1. The van der Waals surface area contributed by atoms with E-state index in [1.807, 2.05) is 26.0 Å². The van der Waals surface area contributed by atoms with Crippen molar-refractivity contribution in [3.8, 4) is 0 Å². The first-order chi connectivity index (χ1) is 12.9. The second-order valence-electron chi connectivity index (χ2n) is 7.32. The summed E-state index contributed by atoms with van der Waals surface area (Å²) < 4.78 is 0. The van der Waals surface area contributed by atoms with Crippen LogP contribution in [0.4, 0.5) is 5.69 Å². The van der Waals surface area contributed by atoms with Crippen LogP contribution >= 0.6 is 11.6 Å². The van der Waals surface area contributed by atoms with Gasteiger partial charge in [-0.2, -0.15) is 0 Å². The lowest BCUT2D eigenvalue weighted by Gasteiger charge is -2.31. The number of hydrogen-bond acceptors (Lipinski definition) is 2. The predicted octanol–water partition coefficient (Wildman–Crippen LogP) is 4.38. The molecule has 0 bridgehead atoms. The molecule has 2 amide bonds. The number of halogens is 1. The van der Waals surface area contributed by atoms with Crippen LogP contribution in [0.25, 0.3) is 0 Å². The van der Waals surface area contributed by atoms with E-state index in [4.69, 9.17) is 11.6 Å². The van der Waals surface area contributed by atoms with Crippen LogP contribution in [0.5, 0.6) is 0 Å². The van der Waals surface area contributed by atoms with E-state index in [9.17, 15) is 9.59 Å². The van der Waals surface area contributed by atoms with E-state index in [0.29, 0.717) is 29.7 Å². The number of amides is 2. The molecule has 142 valence electrons. The van der Waals surface area contributed by atoms with Gasteiger partial charge in [-0.05, 0) is 61.8 Å². The van der Waals surface area contributed by atoms with E-state index in [1.54, 1.807) is 11.0 Å². The van der Waals surface area contributed by atoms with Crippen molar-refractivity contribution in [1.29, 1.82) is 0 Å². The molecule has 1 heterocycles. The minimum absolute atomic E-state index is 0.454. The van der Waals surface area contributed by atoms with Crippen LogP contribution in [0, 0.1) is 19.8 Å². The number of rotatable bonds is 3. The van der Waals surface area contributed by atoms with Crippen LogP contribution in [0.2, 0.25) is 5.02 Å². The van der Waals surface area contributed by atoms with Gasteiger partial charge in [-0.3, -0.25) is 9.59 Å². The van der Waals surface area contributed by atoms with Crippen LogP contribution in [0.15, 0.2) is 42.5 Å². The smallest absolute Gasteiger partial charge is 0.313 e. The highest BCUT2D eigenvalue weighted by Gasteiger charge is 2.27. The van der Waals surface area contributed by atoms with Crippen molar-refractivity contribution in [3.05, 3.63) is 64.2 Å². The highest BCUT2D eigenvalue weighted by atomic mass is 35.5. The Morgan fingerprint density at radius 1 is 1.11 bits per heavy atom. The second-order valence-corrected chi connectivity index (χ2v) is 7.73. The fraction of sp³-hybridized carbons (Fsp3) is 0.364. The number of anilines is 1. The Labute approximate surface area is 165 Å². The molecule has 27 heavy (non-hydrogen) atoms. The summed E-state index contributed by atoms with van der Waals surface area (Å²) in [4.78, 5) is 26.6. The molecule has 0 unspecified atom stereocenters. The molecule has 1 aliphatic heterocycles. The van der Waals surface area contributed by atoms with E-state index < -0.39 is 11.8 Å². The first-order valence-electron chi connectivity index (χ1n) is 9.35. The number of aryl methyl sites for hydroxylation is 2. The molecule has 1 aliphatic rings. The summed E-state index contributed by atoms with van der Waals surface area (Å²) in [6, 6.07) is 14.1. The molecule has 4 nitrogen and oxygen atoms in total. The third-order valence-electron chi connectivity index (χ3n) is 5.13. The van der Waals surface area contributed by atoms with Crippen molar-refractivity contribution in [2.24, 2.45) is 5.92 Å². The Bertz CT molecular complexity index is 804. The van der Waals surface area contributed by atoms with Gasteiger partial charge in [0.25, 0.3) is 0 Å². The molecule has 5 heteroatoms. The lowest BCUT2D eigenvalue weighted by atomic mass is 9.90. The maximum Gasteiger partial charge on any atom is 0.313 e. The fourth-order valence-electron chi connectivity index (χ4n) is 3.67. The Hall–Kier alpha value is -2.33. The van der Waals surface area contributed by atoms with Crippen LogP contribution in [-0.2, 0) is 16.0 Å². The zero-order valence-corrected chi connectivity index (χ0v) is 16.6. The summed E-state index contributed by atoms with van der Waals surface area (Å²) in [5, 5.41) is 3.15. The minimum atomic E-state index is -0.620. The Morgan fingerprint density at radius 2 is 1.78 bits per heavy atom. The summed E-state index contributed by atoms with van der Waals surface area (Å²) in [6.07, 6.45) is 2.85. The Morgan fingerprint density at radius 3 is 2.41 bits per heavy atom. The molecular weight excluding hydrogens is 360 g/mol. The highest BCUT2D eigenvalue weighted by molar-refractivity contribution is 6.41. The largest absolute Gasteiger partial charge is 0.334 e. The third-order valence-corrected chi connectivity index (χ3v) is 5.43. The zero-order chi connectivity index (χ0) is 19.4. The SMILES string of the molecule is Cc1cc(C)c(NC(=O)C(=O)N2CCC(Cc3ccccc3)CC2)c(Cl)c1. The molecule has 0 aliphatic carbocycles. The Balaban J connectivity index is 1.55. The van der Waals surface area contributed by atoms with Crippen molar-refractivity contribution in [2.45, 2.75) is 33.1 Å². The van der Waals surface area contributed by atoms with Gasteiger partial charge in [0.1, 0.15) is 0 Å². The van der Waals surface area contributed by atoms with Gasteiger partial charge in [-0.15, -0.1) is 0 Å². The van der Waals surface area contributed by atoms with E-state index in [0.717, 1.165) is 30.4 Å². The molecule has 0 atom stereocenters. The van der Waals surface area contributed by atoms with Crippen LogP contribution in [-0.4, -0.2) is 29.8 Å². The lowest BCUT2D eigenvalue weighted by Crippen LogP contribution is -2.44. The highest BCUT2D eigenvalue weighted by Crippen LogP contribution is 2.27. The molecule has 1 fully saturated rings. The Kier molecular flexibility index (Phi) is 6.17. The van der Waals surface area contributed by atoms with E-state index in [1.165, 1.54) is 5.56 Å². The zero-order valence-electron chi connectivity index (χ0n) is 15.8. The van der Waals surface area contributed by atoms with Crippen LogP contribution in [0.3, 0.4) is 0 Å². The van der Waals surface area contributed by atoms with E-state index in [2.05, 4.69) is 29.6 Å². The number of carbonyl (C=O) groups is 2. The summed E-state index contributed by atoms with van der Waals surface area (Å²) >= 11 is 6.23. The predicted molar refractivity (Wildman–Crippen MR) is 109 cm³/mol. The van der Waals surface area contributed by atoms with Crippen LogP contribution in [0.1, 0.15) is 29.5 Å². The molecule has 0 spiro atoms. The van der Waals surface area contributed by atoms with Gasteiger partial charge >= 0.3 is 11.8 Å². The maximum atomic E-state index is 12.5. The quantitative estimate of drug-likeness (QED) is 0.798. The minimum Gasteiger partial charge on any atom is -0.334 e. The number of nitrogens with one attached hydrogen (secondary N) is 1. The molecule has 3 rings (SSSR count). The van der Waals surface area contributed by atoms with Crippen molar-refractivity contribution in [3.63, 3.8) is 0 Å². The maximum absolute atomic E-state index is 12.5. The van der Waals surface area contributed by atoms with E-state index >= 15 is 0 Å². The average molecular weight is 385 g/mol. The van der Waals surface area contributed by atoms with Gasteiger partial charge in [0, 0.05) is 13.1 Å². The van der Waals surface area contributed by atoms with Gasteiger partial charge in [0.15, 0.2) is 0 Å². The third kappa shape index (κ3) is 4.89. The van der Waals surface area contributed by atoms with Gasteiger partial charge in [-0.25, -0.2) is 0 Å². The molecule has 0 radical (unpaired) electrons. The molecule has 1 saturated heterocycles. The molecule has 0 saturated carbocycles. The topological polar surface area (TPSA) is 49.4 Å². The van der Waals surface area contributed by atoms with Crippen molar-refractivity contribution in [2.75, 3.05) is 18.4 Å². The first kappa shape index (κ1) is 19.4. The summed E-state index contributed by atoms with van der Waals surface area (Å²) in [5.41, 5.74) is 3.70. The van der Waals surface area contributed by atoms with Crippen molar-refractivity contribution >= 4 is 29.1 Å². The van der Waals surface area contributed by atoms with Crippen LogP contribution < -0.4 is 5.32 Å². The molecule has 0 aromatic heterocycles. The molecular formula is C22H25ClN2O2. The normalized spacial score (nSPS) is 14.9. The summed E-state index contributed by atoms with van der Waals surface area (Å²) in [6.45, 7) is 5.04. The average Bonchev–Trinajstić information content (AvgIpc) is 2.65. The fourth-order valence-corrected chi connectivity index (χ4v) is 4.04. The van der Waals surface area contributed by atoms with Crippen molar-refractivity contribution < 1.29 is 9.59 Å². The number of likely N-dealkylation sites (tertiary alicyclic amines) is 1. The number of carbonyl (C=O) groups excluding carboxylic acids is 2. The first-order valence-corrected chi connectivity index (χ1v) is 9.72. The number of nitrogens with zero attached hydrogens (tertiary/aromatic N) is 1. The van der Waals surface area contributed by atoms with E-state index in [-0.39, 0.29) is 0 Å². The van der Waals surface area contributed by atoms with Gasteiger partial charge in [0.05, 0.1) is 10.7 Å². The molecule has 1 N–H and O–H groups in total. The summed E-state index contributed by atoms with van der Waals surface area (Å²) in [5.74, 6) is -0.553.